The van der Waals surface area contributed by atoms with Crippen molar-refractivity contribution in [2.45, 2.75) is 38.2 Å². The van der Waals surface area contributed by atoms with Crippen LogP contribution in [0.25, 0.3) is 0 Å². The molecule has 1 atom stereocenters. The van der Waals surface area contributed by atoms with Crippen LogP contribution < -0.4 is 0 Å². The molecule has 0 amide bonds. The number of hydrogen-bond donors (Lipinski definition) is 0. The first-order chi connectivity index (χ1) is 7.27. The molecule has 1 aliphatic heterocycles. The first kappa shape index (κ1) is 11.1. The molecule has 0 spiro atoms. The van der Waals surface area contributed by atoms with Gasteiger partial charge < -0.3 is 9.64 Å². The molecular weight excluding hydrogens is 190 g/mol. The molecule has 1 unspecified atom stereocenters. The van der Waals surface area contributed by atoms with Gasteiger partial charge in [0.05, 0.1) is 6.61 Å². The van der Waals surface area contributed by atoms with Crippen LogP contribution in [0.5, 0.6) is 0 Å². The quantitative estimate of drug-likeness (QED) is 0.692. The molecule has 3 nitrogen and oxygen atoms in total. The normalized spacial score (nSPS) is 30.3. The maximum absolute atomic E-state index is 12.1. The minimum atomic E-state index is -0.146. The molecule has 1 saturated heterocycles. The van der Waals surface area contributed by atoms with E-state index in [9.17, 15) is 4.79 Å². The van der Waals surface area contributed by atoms with Crippen molar-refractivity contribution in [2.75, 3.05) is 26.7 Å². The predicted octanol–water partition coefficient (Wildman–Crippen LogP) is 1.47. The summed E-state index contributed by atoms with van der Waals surface area (Å²) in [6, 6.07) is 0. The van der Waals surface area contributed by atoms with E-state index in [-0.39, 0.29) is 12.0 Å². The van der Waals surface area contributed by atoms with Crippen LogP contribution in [0.15, 0.2) is 0 Å². The van der Waals surface area contributed by atoms with Crippen LogP contribution in [0.3, 0.4) is 0 Å². The molecule has 15 heavy (non-hydrogen) atoms. The Morgan fingerprint density at radius 2 is 2.00 bits per heavy atom. The van der Waals surface area contributed by atoms with E-state index >= 15 is 0 Å². The largest absolute Gasteiger partial charge is 0.368 e. The van der Waals surface area contributed by atoms with Crippen LogP contribution in [0.2, 0.25) is 0 Å². The number of Topliss-reactive ketones (excluding diaryl/α,β-unsaturated/α-hetero) is 1. The molecule has 2 aliphatic rings. The van der Waals surface area contributed by atoms with Crippen LogP contribution in [0, 0.1) is 5.92 Å². The van der Waals surface area contributed by atoms with E-state index < -0.39 is 0 Å². The lowest BCUT2D eigenvalue weighted by Gasteiger charge is -2.32. The van der Waals surface area contributed by atoms with Gasteiger partial charge >= 0.3 is 0 Å². The summed E-state index contributed by atoms with van der Waals surface area (Å²) in [5, 5.41) is 0. The highest BCUT2D eigenvalue weighted by Gasteiger charge is 2.31. The molecule has 1 saturated carbocycles. The van der Waals surface area contributed by atoms with E-state index in [0.717, 1.165) is 25.9 Å². The maximum Gasteiger partial charge on any atom is 0.165 e. The highest BCUT2D eigenvalue weighted by atomic mass is 16.5. The number of carbonyl (C=O) groups is 1. The number of nitrogens with zero attached hydrogens (tertiary/aromatic N) is 1. The van der Waals surface area contributed by atoms with Crippen molar-refractivity contribution in [2.24, 2.45) is 5.92 Å². The Hall–Kier alpha value is -0.410. The van der Waals surface area contributed by atoms with Crippen LogP contribution in [0.4, 0.5) is 0 Å². The Bertz CT molecular complexity index is 224. The molecule has 1 aliphatic carbocycles. The van der Waals surface area contributed by atoms with Crippen molar-refractivity contribution in [3.05, 3.63) is 0 Å². The minimum Gasteiger partial charge on any atom is -0.368 e. The second-order valence-corrected chi connectivity index (χ2v) is 4.86. The van der Waals surface area contributed by atoms with E-state index in [1.165, 1.54) is 19.3 Å². The van der Waals surface area contributed by atoms with E-state index in [4.69, 9.17) is 4.74 Å². The van der Waals surface area contributed by atoms with Crippen LogP contribution in [0.1, 0.15) is 32.1 Å². The van der Waals surface area contributed by atoms with Gasteiger partial charge in [0.2, 0.25) is 0 Å². The second-order valence-electron chi connectivity index (χ2n) is 4.86. The first-order valence-corrected chi connectivity index (χ1v) is 6.11. The van der Waals surface area contributed by atoms with E-state index in [1.54, 1.807) is 0 Å². The van der Waals surface area contributed by atoms with Gasteiger partial charge in [-0.1, -0.05) is 19.3 Å². The number of ketones is 1. The fourth-order valence-electron chi connectivity index (χ4n) is 2.60. The molecule has 3 heteroatoms. The fraction of sp³-hybridized carbons (Fsp3) is 0.917. The number of likely N-dealkylation sites (N-methyl/N-ethyl adjacent to an activating group) is 1. The smallest absolute Gasteiger partial charge is 0.165 e. The van der Waals surface area contributed by atoms with Crippen molar-refractivity contribution >= 4 is 5.78 Å². The molecule has 0 aromatic heterocycles. The molecular formula is C12H21NO2. The van der Waals surface area contributed by atoms with E-state index in [0.29, 0.717) is 12.4 Å². The van der Waals surface area contributed by atoms with Crippen molar-refractivity contribution in [1.82, 2.24) is 4.90 Å². The van der Waals surface area contributed by atoms with Gasteiger partial charge in [-0.25, -0.2) is 0 Å². The lowest BCUT2D eigenvalue weighted by molar-refractivity contribution is -0.140. The highest BCUT2D eigenvalue weighted by molar-refractivity contribution is 5.85. The van der Waals surface area contributed by atoms with Gasteiger partial charge in [0.15, 0.2) is 5.78 Å². The summed E-state index contributed by atoms with van der Waals surface area (Å²) in [7, 11) is 2.06. The van der Waals surface area contributed by atoms with Crippen LogP contribution in [-0.4, -0.2) is 43.5 Å². The van der Waals surface area contributed by atoms with Crippen LogP contribution in [-0.2, 0) is 9.53 Å². The molecule has 2 rings (SSSR count). The summed E-state index contributed by atoms with van der Waals surface area (Å²) in [5.74, 6) is 0.650. The number of carbonyl (C=O) groups excluding carboxylic acids is 1. The van der Waals surface area contributed by atoms with Gasteiger partial charge in [0.25, 0.3) is 0 Å². The van der Waals surface area contributed by atoms with Gasteiger partial charge in [-0.15, -0.1) is 0 Å². The lowest BCUT2D eigenvalue weighted by atomic mass is 9.84. The molecule has 0 bridgehead atoms. The summed E-state index contributed by atoms with van der Waals surface area (Å²) in [6.07, 6.45) is 5.77. The van der Waals surface area contributed by atoms with Crippen molar-refractivity contribution in [3.8, 4) is 0 Å². The maximum atomic E-state index is 12.1. The van der Waals surface area contributed by atoms with Gasteiger partial charge in [-0.05, 0) is 19.9 Å². The third-order valence-electron chi connectivity index (χ3n) is 3.59. The Morgan fingerprint density at radius 3 is 2.67 bits per heavy atom. The van der Waals surface area contributed by atoms with Gasteiger partial charge in [-0.2, -0.15) is 0 Å². The first-order valence-electron chi connectivity index (χ1n) is 6.11. The van der Waals surface area contributed by atoms with Crippen molar-refractivity contribution in [3.63, 3.8) is 0 Å². The molecule has 0 aromatic carbocycles. The number of hydrogen-bond acceptors (Lipinski definition) is 3. The molecule has 0 N–H and O–H groups in total. The summed E-state index contributed by atoms with van der Waals surface area (Å²) < 4.78 is 5.57. The third-order valence-corrected chi connectivity index (χ3v) is 3.59. The Kier molecular flexibility index (Phi) is 3.76. The Morgan fingerprint density at radius 1 is 1.27 bits per heavy atom. The average molecular weight is 211 g/mol. The van der Waals surface area contributed by atoms with Crippen molar-refractivity contribution in [1.29, 1.82) is 0 Å². The molecule has 2 fully saturated rings. The van der Waals surface area contributed by atoms with Crippen molar-refractivity contribution < 1.29 is 9.53 Å². The van der Waals surface area contributed by atoms with Gasteiger partial charge in [0, 0.05) is 19.0 Å². The van der Waals surface area contributed by atoms with E-state index in [1.807, 2.05) is 0 Å². The average Bonchev–Trinajstić information content (AvgIpc) is 2.29. The molecule has 0 aromatic rings. The second kappa shape index (κ2) is 5.08. The van der Waals surface area contributed by atoms with Gasteiger partial charge in [0.1, 0.15) is 6.10 Å². The zero-order chi connectivity index (χ0) is 10.7. The SMILES string of the molecule is CN1CCOC(C(=O)C2CCCCC2)C1. The Balaban J connectivity index is 1.88. The zero-order valence-electron chi connectivity index (χ0n) is 9.58. The number of ether oxygens (including phenoxy) is 1. The minimum absolute atomic E-state index is 0.146. The monoisotopic (exact) mass is 211 g/mol. The number of rotatable bonds is 2. The molecule has 0 radical (unpaired) electrons. The third kappa shape index (κ3) is 2.79. The fourth-order valence-corrected chi connectivity index (χ4v) is 2.60. The summed E-state index contributed by atoms with van der Waals surface area (Å²) in [6.45, 7) is 2.45. The van der Waals surface area contributed by atoms with Gasteiger partial charge in [-0.3, -0.25) is 4.79 Å². The summed E-state index contributed by atoms with van der Waals surface area (Å²) in [4.78, 5) is 14.3. The standard InChI is InChI=1S/C12H21NO2/c1-13-7-8-15-11(9-13)12(14)10-5-3-2-4-6-10/h10-11H,2-9H2,1H3. The summed E-state index contributed by atoms with van der Waals surface area (Å²) in [5.41, 5.74) is 0. The zero-order valence-corrected chi connectivity index (χ0v) is 9.58. The topological polar surface area (TPSA) is 29.5 Å². The lowest BCUT2D eigenvalue weighted by Crippen LogP contribution is -2.46. The van der Waals surface area contributed by atoms with E-state index in [2.05, 4.69) is 11.9 Å². The highest BCUT2D eigenvalue weighted by Crippen LogP contribution is 2.26. The van der Waals surface area contributed by atoms with Crippen LogP contribution >= 0.6 is 0 Å². The number of morpholine rings is 1. The predicted molar refractivity (Wildman–Crippen MR) is 58.8 cm³/mol. The molecule has 1 heterocycles. The Labute approximate surface area is 91.8 Å². The summed E-state index contributed by atoms with van der Waals surface area (Å²) >= 11 is 0. The molecule has 86 valence electrons.